The number of nitrogens with one attached hydrogen (secondary N) is 1. The Morgan fingerprint density at radius 3 is 3.04 bits per heavy atom. The molecule has 3 aromatic heterocycles. The van der Waals surface area contributed by atoms with Crippen molar-refractivity contribution in [1.82, 2.24) is 15.0 Å². The molecule has 1 atom stereocenters. The summed E-state index contributed by atoms with van der Waals surface area (Å²) in [6.45, 7) is 3.19. The minimum atomic E-state index is -0.380. The van der Waals surface area contributed by atoms with Crippen molar-refractivity contribution in [3.8, 4) is 5.88 Å². The van der Waals surface area contributed by atoms with Crippen LogP contribution in [-0.2, 0) is 9.47 Å². The normalized spacial score (nSPS) is 16.7. The van der Waals surface area contributed by atoms with Crippen LogP contribution >= 0.6 is 11.3 Å². The molecule has 0 aromatic carbocycles. The van der Waals surface area contributed by atoms with Gasteiger partial charge in [0.05, 0.1) is 19.1 Å². The number of hydrogen-bond donors (Lipinski definition) is 1. The Balaban J connectivity index is 1.67. The molecular weight excluding hydrogens is 380 g/mol. The van der Waals surface area contributed by atoms with E-state index in [9.17, 15) is 4.79 Å². The molecule has 0 aliphatic carbocycles. The van der Waals surface area contributed by atoms with Crippen molar-refractivity contribution < 1.29 is 19.0 Å². The molecule has 0 saturated carbocycles. The fraction of sp³-hybridized carbons (Fsp3) is 0.368. The largest absolute Gasteiger partial charge is 0.470 e. The number of esters is 1. The molecule has 1 unspecified atom stereocenters. The lowest BCUT2D eigenvalue weighted by atomic mass is 10.2. The van der Waals surface area contributed by atoms with Crippen LogP contribution in [0.2, 0.25) is 0 Å². The van der Waals surface area contributed by atoms with Crippen LogP contribution in [0, 0.1) is 6.92 Å². The highest BCUT2D eigenvalue weighted by Crippen LogP contribution is 2.36. The molecule has 4 heterocycles. The maximum atomic E-state index is 12.0. The summed E-state index contributed by atoms with van der Waals surface area (Å²) in [5, 5.41) is 4.07. The van der Waals surface area contributed by atoms with Gasteiger partial charge in [0.1, 0.15) is 33.6 Å². The number of aryl methyl sites for hydroxylation is 1. The topological polar surface area (TPSA) is 95.5 Å². The second kappa shape index (κ2) is 8.07. The van der Waals surface area contributed by atoms with E-state index in [-0.39, 0.29) is 12.1 Å². The van der Waals surface area contributed by atoms with Crippen LogP contribution in [0.4, 0.5) is 11.5 Å². The Morgan fingerprint density at radius 2 is 2.25 bits per heavy atom. The van der Waals surface area contributed by atoms with Gasteiger partial charge in [-0.2, -0.15) is 0 Å². The highest BCUT2D eigenvalue weighted by atomic mass is 32.1. The molecule has 1 aliphatic heterocycles. The standard InChI is InChI=1S/C19H20N4O4S/c1-11-14-16(21-10-22-18(14)28-15(11)19(24)25-2)23-13-6-3-7-20-17(13)27-12-5-4-8-26-9-12/h3,6-7,10,12H,4-5,8-9H2,1-2H3,(H,21,22,23). The molecule has 0 amide bonds. The third kappa shape index (κ3) is 3.63. The Morgan fingerprint density at radius 1 is 1.36 bits per heavy atom. The van der Waals surface area contributed by atoms with Gasteiger partial charge in [0, 0.05) is 12.8 Å². The molecule has 0 spiro atoms. The minimum Gasteiger partial charge on any atom is -0.470 e. The van der Waals surface area contributed by atoms with Gasteiger partial charge in [0.15, 0.2) is 0 Å². The monoisotopic (exact) mass is 400 g/mol. The van der Waals surface area contributed by atoms with Crippen LogP contribution < -0.4 is 10.1 Å². The first-order valence-electron chi connectivity index (χ1n) is 8.96. The van der Waals surface area contributed by atoms with Crippen LogP contribution in [0.3, 0.4) is 0 Å². The van der Waals surface area contributed by atoms with Gasteiger partial charge in [0.25, 0.3) is 0 Å². The lowest BCUT2D eigenvalue weighted by Crippen LogP contribution is -2.28. The quantitative estimate of drug-likeness (QED) is 0.651. The molecule has 28 heavy (non-hydrogen) atoms. The minimum absolute atomic E-state index is 0.0246. The summed E-state index contributed by atoms with van der Waals surface area (Å²) in [6, 6.07) is 3.70. The van der Waals surface area contributed by atoms with E-state index in [1.54, 1.807) is 6.20 Å². The number of fused-ring (bicyclic) bond motifs is 1. The van der Waals surface area contributed by atoms with Crippen LogP contribution in [-0.4, -0.2) is 47.3 Å². The number of thiophene rings is 1. The van der Waals surface area contributed by atoms with E-state index in [2.05, 4.69) is 20.3 Å². The molecule has 9 heteroatoms. The van der Waals surface area contributed by atoms with Crippen molar-refractivity contribution in [2.24, 2.45) is 0 Å². The van der Waals surface area contributed by atoms with E-state index >= 15 is 0 Å². The number of methoxy groups -OCH3 is 1. The molecule has 1 saturated heterocycles. The highest BCUT2D eigenvalue weighted by molar-refractivity contribution is 7.20. The summed E-state index contributed by atoms with van der Waals surface area (Å²) in [7, 11) is 1.37. The number of carbonyl (C=O) groups is 1. The van der Waals surface area contributed by atoms with Crippen molar-refractivity contribution in [3.05, 3.63) is 35.1 Å². The Kier molecular flexibility index (Phi) is 5.36. The molecule has 1 N–H and O–H groups in total. The second-order valence-electron chi connectivity index (χ2n) is 6.39. The average molecular weight is 400 g/mol. The third-order valence-electron chi connectivity index (χ3n) is 4.52. The molecule has 146 valence electrons. The predicted molar refractivity (Wildman–Crippen MR) is 105 cm³/mol. The maximum absolute atomic E-state index is 12.0. The van der Waals surface area contributed by atoms with Crippen LogP contribution in [0.1, 0.15) is 28.1 Å². The molecule has 4 rings (SSSR count). The summed E-state index contributed by atoms with van der Waals surface area (Å²) >= 11 is 1.28. The van der Waals surface area contributed by atoms with Gasteiger partial charge in [-0.25, -0.2) is 19.7 Å². The third-order valence-corrected chi connectivity index (χ3v) is 5.70. The summed E-state index contributed by atoms with van der Waals surface area (Å²) in [4.78, 5) is 26.3. The number of rotatable bonds is 5. The zero-order valence-corrected chi connectivity index (χ0v) is 16.4. The van der Waals surface area contributed by atoms with Crippen LogP contribution in [0.5, 0.6) is 5.88 Å². The molecule has 1 aliphatic rings. The average Bonchev–Trinajstić information content (AvgIpc) is 3.07. The first-order valence-corrected chi connectivity index (χ1v) is 9.78. The molecular formula is C19H20N4O4S. The fourth-order valence-corrected chi connectivity index (χ4v) is 4.19. The van der Waals surface area contributed by atoms with Crippen molar-refractivity contribution >= 4 is 39.0 Å². The zero-order valence-electron chi connectivity index (χ0n) is 15.6. The summed E-state index contributed by atoms with van der Waals surface area (Å²) in [5.41, 5.74) is 1.47. The number of ether oxygens (including phenoxy) is 3. The van der Waals surface area contributed by atoms with Gasteiger partial charge in [-0.1, -0.05) is 0 Å². The summed E-state index contributed by atoms with van der Waals surface area (Å²) in [5.74, 6) is 0.701. The van der Waals surface area contributed by atoms with Gasteiger partial charge >= 0.3 is 5.97 Å². The Bertz CT molecular complexity index is 1000. The van der Waals surface area contributed by atoms with Crippen LogP contribution in [0.25, 0.3) is 10.2 Å². The number of carbonyl (C=O) groups excluding carboxylic acids is 1. The van der Waals surface area contributed by atoms with Crippen molar-refractivity contribution in [2.45, 2.75) is 25.9 Å². The summed E-state index contributed by atoms with van der Waals surface area (Å²) < 4.78 is 16.4. The molecule has 8 nitrogen and oxygen atoms in total. The lowest BCUT2D eigenvalue weighted by Gasteiger charge is -2.23. The smallest absolute Gasteiger partial charge is 0.348 e. The Hall–Kier alpha value is -2.78. The van der Waals surface area contributed by atoms with Crippen molar-refractivity contribution in [3.63, 3.8) is 0 Å². The van der Waals surface area contributed by atoms with E-state index in [0.717, 1.165) is 30.4 Å². The summed E-state index contributed by atoms with van der Waals surface area (Å²) in [6.07, 6.45) is 5.03. The SMILES string of the molecule is COC(=O)c1sc2ncnc(Nc3cccnc3OC3CCCOC3)c2c1C. The zero-order chi connectivity index (χ0) is 19.5. The van der Waals surface area contributed by atoms with Crippen molar-refractivity contribution in [2.75, 3.05) is 25.6 Å². The first kappa shape index (κ1) is 18.6. The molecule has 3 aromatic rings. The number of hydrogen-bond acceptors (Lipinski definition) is 9. The van der Waals surface area contributed by atoms with Gasteiger partial charge in [-0.3, -0.25) is 0 Å². The first-order chi connectivity index (χ1) is 13.7. The van der Waals surface area contributed by atoms with E-state index in [1.807, 2.05) is 19.1 Å². The number of aromatic nitrogens is 3. The van der Waals surface area contributed by atoms with Crippen molar-refractivity contribution in [1.29, 1.82) is 0 Å². The van der Waals surface area contributed by atoms with Gasteiger partial charge in [0.2, 0.25) is 5.88 Å². The Labute approximate surface area is 165 Å². The predicted octanol–water partition coefficient (Wildman–Crippen LogP) is 3.48. The number of anilines is 2. The molecule has 0 radical (unpaired) electrons. The second-order valence-corrected chi connectivity index (χ2v) is 7.39. The van der Waals surface area contributed by atoms with Gasteiger partial charge in [-0.05, 0) is 37.5 Å². The van der Waals surface area contributed by atoms with Crippen LogP contribution in [0.15, 0.2) is 24.7 Å². The van der Waals surface area contributed by atoms with Gasteiger partial charge in [-0.15, -0.1) is 11.3 Å². The highest BCUT2D eigenvalue weighted by Gasteiger charge is 2.21. The van der Waals surface area contributed by atoms with E-state index < -0.39 is 0 Å². The van der Waals surface area contributed by atoms with E-state index in [1.165, 1.54) is 24.8 Å². The maximum Gasteiger partial charge on any atom is 0.348 e. The lowest BCUT2D eigenvalue weighted by molar-refractivity contribution is 0.00585. The fourth-order valence-electron chi connectivity index (χ4n) is 3.12. The van der Waals surface area contributed by atoms with Gasteiger partial charge < -0.3 is 19.5 Å². The number of pyridine rings is 1. The number of nitrogens with zero attached hydrogens (tertiary/aromatic N) is 3. The molecule has 1 fully saturated rings. The van der Waals surface area contributed by atoms with E-state index in [0.29, 0.717) is 33.7 Å². The van der Waals surface area contributed by atoms with E-state index in [4.69, 9.17) is 14.2 Å². The molecule has 0 bridgehead atoms.